The van der Waals surface area contributed by atoms with Crippen molar-refractivity contribution in [2.75, 3.05) is 60.0 Å². The number of nitrogens with zero attached hydrogens (tertiary/aromatic N) is 3. The predicted octanol–water partition coefficient (Wildman–Crippen LogP) is 2.19. The Bertz CT molecular complexity index is 808. The van der Waals surface area contributed by atoms with E-state index in [1.165, 1.54) is 5.56 Å². The van der Waals surface area contributed by atoms with Crippen LogP contribution in [0, 0.1) is 5.92 Å². The van der Waals surface area contributed by atoms with E-state index < -0.39 is 5.60 Å². The van der Waals surface area contributed by atoms with Crippen molar-refractivity contribution in [3.63, 3.8) is 0 Å². The van der Waals surface area contributed by atoms with Gasteiger partial charge in [-0.3, -0.25) is 9.59 Å². The lowest BCUT2D eigenvalue weighted by Gasteiger charge is -2.44. The number of carbonyl (C=O) groups is 2. The second kappa shape index (κ2) is 10.2. The molecule has 0 aliphatic carbocycles. The van der Waals surface area contributed by atoms with Gasteiger partial charge in [0.05, 0.1) is 19.7 Å². The number of rotatable bonds is 1. The average molecular weight is 444 g/mol. The summed E-state index contributed by atoms with van der Waals surface area (Å²) in [4.78, 5) is 32.8. The first-order valence-corrected chi connectivity index (χ1v) is 12.1. The number of para-hydroxylation sites is 1. The molecular formula is C25H37N3O4. The normalized spacial score (nSPS) is 26.8. The van der Waals surface area contributed by atoms with Crippen molar-refractivity contribution in [3.05, 3.63) is 29.8 Å². The van der Waals surface area contributed by atoms with Crippen LogP contribution in [0.15, 0.2) is 24.3 Å². The van der Waals surface area contributed by atoms with Crippen molar-refractivity contribution in [1.29, 1.82) is 0 Å². The van der Waals surface area contributed by atoms with Gasteiger partial charge in [-0.1, -0.05) is 18.2 Å². The van der Waals surface area contributed by atoms with Gasteiger partial charge < -0.3 is 24.2 Å². The molecule has 0 radical (unpaired) electrons. The fourth-order valence-electron chi connectivity index (χ4n) is 5.19. The van der Waals surface area contributed by atoms with E-state index in [0.29, 0.717) is 39.3 Å². The first-order chi connectivity index (χ1) is 15.5. The third kappa shape index (κ3) is 5.09. The summed E-state index contributed by atoms with van der Waals surface area (Å²) in [6.45, 7) is 4.18. The number of hydrogen-bond donors (Lipinski definition) is 0. The van der Waals surface area contributed by atoms with E-state index in [-0.39, 0.29) is 17.7 Å². The van der Waals surface area contributed by atoms with Crippen LogP contribution in [-0.4, -0.2) is 92.1 Å². The molecule has 1 unspecified atom stereocenters. The van der Waals surface area contributed by atoms with Crippen LogP contribution in [0.1, 0.15) is 37.7 Å². The molecule has 2 fully saturated rings. The summed E-state index contributed by atoms with van der Waals surface area (Å²) < 4.78 is 12.2. The molecule has 3 heterocycles. The third-order valence-electron chi connectivity index (χ3n) is 7.24. The Labute approximate surface area is 191 Å². The Hall–Kier alpha value is -2.12. The van der Waals surface area contributed by atoms with Gasteiger partial charge in [-0.25, -0.2) is 0 Å². The molecule has 3 aliphatic rings. The summed E-state index contributed by atoms with van der Waals surface area (Å²) >= 11 is 0. The minimum Gasteiger partial charge on any atom is -0.491 e. The van der Waals surface area contributed by atoms with Crippen molar-refractivity contribution >= 4 is 11.8 Å². The van der Waals surface area contributed by atoms with Crippen molar-refractivity contribution in [3.8, 4) is 5.75 Å². The molecule has 2 amide bonds. The summed E-state index contributed by atoms with van der Waals surface area (Å²) in [5, 5.41) is 0. The largest absolute Gasteiger partial charge is 0.491 e. The lowest BCUT2D eigenvalue weighted by molar-refractivity contribution is -0.177. The zero-order valence-corrected chi connectivity index (χ0v) is 19.6. The summed E-state index contributed by atoms with van der Waals surface area (Å²) in [5.74, 6) is 1.13. The number of carbonyl (C=O) groups excluding carboxylic acids is 2. The molecule has 1 atom stereocenters. The number of likely N-dealkylation sites (N-methyl/N-ethyl adjacent to an activating group) is 1. The SMILES string of the molecule is CN1CCC(C(=O)N2CCOC3(CCCCc4ccccc4OCCN(C)C3=O)C2)CC1. The number of likely N-dealkylation sites (tertiary alicyclic amines) is 1. The van der Waals surface area contributed by atoms with Crippen LogP contribution in [0.5, 0.6) is 5.75 Å². The van der Waals surface area contributed by atoms with Gasteiger partial charge in [0.1, 0.15) is 12.4 Å². The quantitative estimate of drug-likeness (QED) is 0.666. The number of fused-ring (bicyclic) bond motifs is 1. The van der Waals surface area contributed by atoms with Crippen molar-refractivity contribution in [2.45, 2.75) is 44.1 Å². The van der Waals surface area contributed by atoms with Crippen LogP contribution in [0.3, 0.4) is 0 Å². The van der Waals surface area contributed by atoms with E-state index in [9.17, 15) is 9.59 Å². The number of morpholine rings is 1. The molecule has 3 aliphatic heterocycles. The van der Waals surface area contributed by atoms with Crippen molar-refractivity contribution < 1.29 is 19.1 Å². The fraction of sp³-hybridized carbons (Fsp3) is 0.680. The summed E-state index contributed by atoms with van der Waals surface area (Å²) in [5.41, 5.74) is 0.257. The number of ether oxygens (including phenoxy) is 2. The summed E-state index contributed by atoms with van der Waals surface area (Å²) in [6.07, 6.45) is 5.15. The van der Waals surface area contributed by atoms with Crippen LogP contribution < -0.4 is 4.74 Å². The number of amides is 2. The zero-order chi connectivity index (χ0) is 22.6. The Morgan fingerprint density at radius 3 is 2.62 bits per heavy atom. The van der Waals surface area contributed by atoms with Gasteiger partial charge in [0.15, 0.2) is 5.60 Å². The summed E-state index contributed by atoms with van der Waals surface area (Å²) in [6, 6.07) is 8.15. The first-order valence-electron chi connectivity index (χ1n) is 12.1. The maximum Gasteiger partial charge on any atom is 0.256 e. The van der Waals surface area contributed by atoms with Crippen LogP contribution in [0.4, 0.5) is 0 Å². The van der Waals surface area contributed by atoms with Crippen LogP contribution >= 0.6 is 0 Å². The number of aryl methyl sites for hydroxylation is 1. The van der Waals surface area contributed by atoms with E-state index in [0.717, 1.165) is 50.9 Å². The second-order valence-corrected chi connectivity index (χ2v) is 9.57. The van der Waals surface area contributed by atoms with E-state index >= 15 is 0 Å². The molecule has 1 aromatic carbocycles. The second-order valence-electron chi connectivity index (χ2n) is 9.57. The van der Waals surface area contributed by atoms with Crippen molar-refractivity contribution in [1.82, 2.24) is 14.7 Å². The van der Waals surface area contributed by atoms with Gasteiger partial charge in [-0.05, 0) is 70.3 Å². The Balaban J connectivity index is 1.48. The zero-order valence-electron chi connectivity index (χ0n) is 19.6. The molecule has 1 spiro atoms. The van der Waals surface area contributed by atoms with Crippen LogP contribution in [0.2, 0.25) is 0 Å². The topological polar surface area (TPSA) is 62.3 Å². The average Bonchev–Trinajstić information content (AvgIpc) is 2.81. The maximum atomic E-state index is 13.6. The van der Waals surface area contributed by atoms with E-state index in [1.807, 2.05) is 30.1 Å². The highest BCUT2D eigenvalue weighted by Gasteiger charge is 2.46. The number of benzene rings is 1. The van der Waals surface area contributed by atoms with Gasteiger partial charge in [0, 0.05) is 19.5 Å². The van der Waals surface area contributed by atoms with E-state index in [2.05, 4.69) is 18.0 Å². The molecule has 7 nitrogen and oxygen atoms in total. The molecule has 32 heavy (non-hydrogen) atoms. The molecule has 1 aromatic rings. The summed E-state index contributed by atoms with van der Waals surface area (Å²) in [7, 11) is 3.91. The highest BCUT2D eigenvalue weighted by Crippen LogP contribution is 2.30. The lowest BCUT2D eigenvalue weighted by Crippen LogP contribution is -2.62. The molecule has 7 heteroatoms. The standard InChI is InChI=1S/C25H37N3O4/c1-26-13-10-21(11-14-26)23(29)28-16-18-32-25(19-28)12-6-5-8-20-7-3-4-9-22(20)31-17-15-27(2)24(25)30/h3-4,7,9,21H,5-6,8,10-19H2,1-2H3. The third-order valence-corrected chi connectivity index (χ3v) is 7.24. The molecule has 4 rings (SSSR count). The molecule has 176 valence electrons. The fourth-order valence-corrected chi connectivity index (χ4v) is 5.19. The Morgan fingerprint density at radius 2 is 1.81 bits per heavy atom. The molecular weight excluding hydrogens is 406 g/mol. The van der Waals surface area contributed by atoms with E-state index in [4.69, 9.17) is 9.47 Å². The van der Waals surface area contributed by atoms with Gasteiger partial charge in [-0.15, -0.1) is 0 Å². The van der Waals surface area contributed by atoms with Crippen LogP contribution in [-0.2, 0) is 20.7 Å². The van der Waals surface area contributed by atoms with Gasteiger partial charge in [0.25, 0.3) is 5.91 Å². The van der Waals surface area contributed by atoms with Crippen molar-refractivity contribution in [2.24, 2.45) is 5.92 Å². The smallest absolute Gasteiger partial charge is 0.256 e. The highest BCUT2D eigenvalue weighted by atomic mass is 16.5. The van der Waals surface area contributed by atoms with Crippen LogP contribution in [0.25, 0.3) is 0 Å². The molecule has 0 bridgehead atoms. The molecule has 2 saturated heterocycles. The molecule has 0 aromatic heterocycles. The first kappa shape index (κ1) is 23.1. The monoisotopic (exact) mass is 443 g/mol. The highest BCUT2D eigenvalue weighted by molar-refractivity contribution is 5.87. The minimum atomic E-state index is -0.952. The Kier molecular flexibility index (Phi) is 7.36. The maximum absolute atomic E-state index is 13.6. The minimum absolute atomic E-state index is 0.0316. The lowest BCUT2D eigenvalue weighted by atomic mass is 9.89. The van der Waals surface area contributed by atoms with Gasteiger partial charge in [-0.2, -0.15) is 0 Å². The van der Waals surface area contributed by atoms with Gasteiger partial charge >= 0.3 is 0 Å². The molecule has 0 N–H and O–H groups in total. The van der Waals surface area contributed by atoms with Gasteiger partial charge in [0.2, 0.25) is 5.91 Å². The number of piperidine rings is 1. The Morgan fingerprint density at radius 1 is 1.03 bits per heavy atom. The molecule has 0 saturated carbocycles. The predicted molar refractivity (Wildman–Crippen MR) is 123 cm³/mol. The van der Waals surface area contributed by atoms with E-state index in [1.54, 1.807) is 4.90 Å². The number of hydrogen-bond acceptors (Lipinski definition) is 5.